The minimum atomic E-state index is -0.420. The van der Waals surface area contributed by atoms with Gasteiger partial charge in [-0.15, -0.1) is 0 Å². The molecule has 7 heteroatoms. The molecule has 0 saturated carbocycles. The quantitative estimate of drug-likeness (QED) is 0.823. The van der Waals surface area contributed by atoms with Gasteiger partial charge >= 0.3 is 0 Å². The van der Waals surface area contributed by atoms with Gasteiger partial charge in [0.15, 0.2) is 0 Å². The van der Waals surface area contributed by atoms with Gasteiger partial charge in [0.25, 0.3) is 5.91 Å². The minimum absolute atomic E-state index is 0.194. The summed E-state index contributed by atoms with van der Waals surface area (Å²) < 4.78 is 13.3. The zero-order valence-electron chi connectivity index (χ0n) is 8.73. The molecule has 0 aliphatic carbocycles. The SMILES string of the molecule is O=C(Nc1ccc(F)cc1Br)c1cc(Cl)c(Cl)[nH]1. The first-order valence-corrected chi connectivity index (χ1v) is 6.32. The number of carbonyl (C=O) groups excluding carboxylic acids is 1. The van der Waals surface area contributed by atoms with Crippen molar-refractivity contribution in [2.75, 3.05) is 5.32 Å². The van der Waals surface area contributed by atoms with Gasteiger partial charge in [0.05, 0.1) is 10.7 Å². The Bertz CT molecular complexity index is 596. The molecule has 18 heavy (non-hydrogen) atoms. The number of aromatic nitrogens is 1. The lowest BCUT2D eigenvalue weighted by molar-refractivity contribution is 0.102. The number of anilines is 1. The predicted molar refractivity (Wildman–Crippen MR) is 72.9 cm³/mol. The summed E-state index contributed by atoms with van der Waals surface area (Å²) in [6, 6.07) is 5.36. The van der Waals surface area contributed by atoms with E-state index in [2.05, 4.69) is 26.2 Å². The van der Waals surface area contributed by atoms with Crippen LogP contribution in [0.25, 0.3) is 0 Å². The molecule has 2 rings (SSSR count). The van der Waals surface area contributed by atoms with E-state index in [9.17, 15) is 9.18 Å². The molecule has 1 aromatic carbocycles. The first-order chi connectivity index (χ1) is 8.47. The highest BCUT2D eigenvalue weighted by Crippen LogP contribution is 2.25. The van der Waals surface area contributed by atoms with Crippen molar-refractivity contribution >= 4 is 50.7 Å². The van der Waals surface area contributed by atoms with E-state index in [1.165, 1.54) is 24.3 Å². The van der Waals surface area contributed by atoms with Crippen LogP contribution >= 0.6 is 39.1 Å². The highest BCUT2D eigenvalue weighted by molar-refractivity contribution is 9.10. The Kier molecular flexibility index (Phi) is 3.94. The molecule has 1 amide bonds. The highest BCUT2D eigenvalue weighted by atomic mass is 79.9. The maximum atomic E-state index is 12.9. The number of H-pyrrole nitrogens is 1. The number of rotatable bonds is 2. The number of halogens is 4. The topological polar surface area (TPSA) is 44.9 Å². The third-order valence-corrected chi connectivity index (χ3v) is 3.50. The molecule has 0 fully saturated rings. The molecule has 0 spiro atoms. The average Bonchev–Trinajstić information content (AvgIpc) is 2.63. The number of hydrogen-bond acceptors (Lipinski definition) is 1. The number of amides is 1. The molecule has 0 unspecified atom stereocenters. The van der Waals surface area contributed by atoms with E-state index in [4.69, 9.17) is 23.2 Å². The molecule has 3 nitrogen and oxygen atoms in total. The number of hydrogen-bond donors (Lipinski definition) is 2. The van der Waals surface area contributed by atoms with E-state index < -0.39 is 11.7 Å². The van der Waals surface area contributed by atoms with Gasteiger partial charge in [-0.05, 0) is 40.2 Å². The summed E-state index contributed by atoms with van der Waals surface area (Å²) in [6.07, 6.45) is 0. The van der Waals surface area contributed by atoms with Crippen molar-refractivity contribution in [3.05, 3.63) is 50.4 Å². The Balaban J connectivity index is 2.21. The zero-order chi connectivity index (χ0) is 13.3. The van der Waals surface area contributed by atoms with Crippen LogP contribution in [0.15, 0.2) is 28.7 Å². The van der Waals surface area contributed by atoms with Gasteiger partial charge in [-0.1, -0.05) is 23.2 Å². The Morgan fingerprint density at radius 2 is 2.06 bits per heavy atom. The summed E-state index contributed by atoms with van der Waals surface area (Å²) in [6.45, 7) is 0. The Hall–Kier alpha value is -1.04. The Labute approximate surface area is 120 Å². The van der Waals surface area contributed by atoms with E-state index in [-0.39, 0.29) is 15.9 Å². The molecule has 1 aromatic heterocycles. The van der Waals surface area contributed by atoms with Crippen molar-refractivity contribution in [1.82, 2.24) is 4.98 Å². The predicted octanol–water partition coefficient (Wildman–Crippen LogP) is 4.48. The smallest absolute Gasteiger partial charge is 0.272 e. The molecule has 0 bridgehead atoms. The first-order valence-electron chi connectivity index (χ1n) is 4.78. The summed E-state index contributed by atoms with van der Waals surface area (Å²) in [4.78, 5) is 14.5. The molecule has 0 saturated heterocycles. The maximum Gasteiger partial charge on any atom is 0.272 e. The summed E-state index contributed by atoms with van der Waals surface area (Å²) in [5, 5.41) is 3.05. The van der Waals surface area contributed by atoms with Crippen LogP contribution < -0.4 is 5.32 Å². The van der Waals surface area contributed by atoms with Gasteiger partial charge < -0.3 is 10.3 Å². The molecule has 0 atom stereocenters. The van der Waals surface area contributed by atoms with E-state index in [0.29, 0.717) is 10.2 Å². The van der Waals surface area contributed by atoms with E-state index in [1.807, 2.05) is 0 Å². The summed E-state index contributed by atoms with van der Waals surface area (Å²) in [5.74, 6) is -0.818. The van der Waals surface area contributed by atoms with E-state index in [1.54, 1.807) is 0 Å². The van der Waals surface area contributed by atoms with Crippen LogP contribution in [0.1, 0.15) is 10.5 Å². The molecule has 94 valence electrons. The number of benzene rings is 1. The Morgan fingerprint density at radius 1 is 1.33 bits per heavy atom. The molecule has 0 radical (unpaired) electrons. The van der Waals surface area contributed by atoms with Gasteiger partial charge in [-0.25, -0.2) is 4.39 Å². The molecule has 2 N–H and O–H groups in total. The number of aromatic amines is 1. The maximum absolute atomic E-state index is 12.9. The minimum Gasteiger partial charge on any atom is -0.340 e. The molecule has 0 aliphatic rings. The van der Waals surface area contributed by atoms with Crippen LogP contribution in [0.2, 0.25) is 10.2 Å². The Morgan fingerprint density at radius 3 is 2.61 bits per heavy atom. The van der Waals surface area contributed by atoms with Gasteiger partial charge in [0.1, 0.15) is 16.7 Å². The normalized spacial score (nSPS) is 10.4. The number of nitrogens with one attached hydrogen (secondary N) is 2. The second kappa shape index (κ2) is 5.30. The summed E-state index contributed by atoms with van der Waals surface area (Å²) in [7, 11) is 0. The lowest BCUT2D eigenvalue weighted by Crippen LogP contribution is -2.12. The van der Waals surface area contributed by atoms with Crippen LogP contribution in [0.3, 0.4) is 0 Å². The zero-order valence-corrected chi connectivity index (χ0v) is 11.8. The van der Waals surface area contributed by atoms with Gasteiger partial charge in [0, 0.05) is 4.47 Å². The molecule has 0 aliphatic heterocycles. The fraction of sp³-hybridized carbons (Fsp3) is 0. The highest BCUT2D eigenvalue weighted by Gasteiger charge is 2.13. The van der Waals surface area contributed by atoms with Gasteiger partial charge in [0.2, 0.25) is 0 Å². The first kappa shape index (κ1) is 13.4. The standard InChI is InChI=1S/C11H6BrCl2FN2O/c12-6-3-5(15)1-2-8(6)17-11(18)9-4-7(13)10(14)16-9/h1-4,16H,(H,17,18). The third kappa shape index (κ3) is 2.85. The van der Waals surface area contributed by atoms with Crippen molar-refractivity contribution in [2.45, 2.75) is 0 Å². The molecule has 1 heterocycles. The fourth-order valence-corrected chi connectivity index (χ4v) is 2.07. The summed E-state index contributed by atoms with van der Waals surface area (Å²) >= 11 is 14.6. The van der Waals surface area contributed by atoms with Crippen molar-refractivity contribution in [3.8, 4) is 0 Å². The van der Waals surface area contributed by atoms with Crippen LogP contribution in [-0.2, 0) is 0 Å². The number of carbonyl (C=O) groups is 1. The molecular weight excluding hydrogens is 346 g/mol. The van der Waals surface area contributed by atoms with Gasteiger partial charge in [-0.2, -0.15) is 0 Å². The average molecular weight is 352 g/mol. The van der Waals surface area contributed by atoms with Crippen molar-refractivity contribution in [3.63, 3.8) is 0 Å². The molecule has 2 aromatic rings. The largest absolute Gasteiger partial charge is 0.340 e. The van der Waals surface area contributed by atoms with Gasteiger partial charge in [-0.3, -0.25) is 4.79 Å². The van der Waals surface area contributed by atoms with Crippen molar-refractivity contribution in [1.29, 1.82) is 0 Å². The van der Waals surface area contributed by atoms with Crippen LogP contribution in [0.4, 0.5) is 10.1 Å². The van der Waals surface area contributed by atoms with Crippen molar-refractivity contribution in [2.24, 2.45) is 0 Å². The van der Waals surface area contributed by atoms with E-state index >= 15 is 0 Å². The van der Waals surface area contributed by atoms with Crippen LogP contribution in [0.5, 0.6) is 0 Å². The molecular formula is C11H6BrCl2FN2O. The second-order valence-electron chi connectivity index (χ2n) is 3.42. The van der Waals surface area contributed by atoms with Crippen LogP contribution in [0, 0.1) is 5.82 Å². The van der Waals surface area contributed by atoms with Crippen molar-refractivity contribution < 1.29 is 9.18 Å². The third-order valence-electron chi connectivity index (χ3n) is 2.15. The lowest BCUT2D eigenvalue weighted by atomic mass is 10.3. The second-order valence-corrected chi connectivity index (χ2v) is 5.06. The monoisotopic (exact) mass is 350 g/mol. The summed E-state index contributed by atoms with van der Waals surface area (Å²) in [5.41, 5.74) is 0.671. The van der Waals surface area contributed by atoms with Crippen LogP contribution in [-0.4, -0.2) is 10.9 Å². The fourth-order valence-electron chi connectivity index (χ4n) is 1.31. The lowest BCUT2D eigenvalue weighted by Gasteiger charge is -2.06. The van der Waals surface area contributed by atoms with E-state index in [0.717, 1.165) is 0 Å².